The first-order chi connectivity index (χ1) is 18.0. The van der Waals surface area contributed by atoms with Gasteiger partial charge >= 0.3 is 0 Å². The maximum atomic E-state index is 14.6. The molecule has 4 N–H and O–H groups in total. The summed E-state index contributed by atoms with van der Waals surface area (Å²) in [6.45, 7) is 0.598. The number of hydrogen-bond acceptors (Lipinski definition) is 6. The third kappa shape index (κ3) is 4.35. The highest BCUT2D eigenvalue weighted by molar-refractivity contribution is 5.97. The molecular formula is C28H25FN8. The number of rotatable bonds is 6. The highest BCUT2D eigenvalue weighted by atomic mass is 19.1. The van der Waals surface area contributed by atoms with Crippen molar-refractivity contribution in [2.45, 2.75) is 6.04 Å². The van der Waals surface area contributed by atoms with Crippen LogP contribution in [0.3, 0.4) is 0 Å². The smallest absolute Gasteiger partial charge is 0.159 e. The second kappa shape index (κ2) is 9.20. The number of H-pyrrole nitrogens is 2. The lowest BCUT2D eigenvalue weighted by Crippen LogP contribution is -2.26. The van der Waals surface area contributed by atoms with Gasteiger partial charge in [-0.1, -0.05) is 6.07 Å². The summed E-state index contributed by atoms with van der Waals surface area (Å²) in [5, 5.41) is 8.57. The fourth-order valence-corrected chi connectivity index (χ4v) is 4.64. The van der Waals surface area contributed by atoms with E-state index in [1.54, 1.807) is 18.6 Å². The number of benzene rings is 2. The summed E-state index contributed by atoms with van der Waals surface area (Å²) < 4.78 is 14.6. The lowest BCUT2D eigenvalue weighted by Gasteiger charge is -2.18. The van der Waals surface area contributed by atoms with Crippen LogP contribution in [0.25, 0.3) is 55.8 Å². The Balaban J connectivity index is 1.45. The number of nitrogens with two attached hydrogens (primary N) is 1. The fourth-order valence-electron chi connectivity index (χ4n) is 4.64. The first-order valence-electron chi connectivity index (χ1n) is 11.9. The normalized spacial score (nSPS) is 12.6. The number of nitrogens with one attached hydrogen (secondary N) is 2. The third-order valence-electron chi connectivity index (χ3n) is 6.39. The van der Waals surface area contributed by atoms with Gasteiger partial charge in [-0.15, -0.1) is 0 Å². The number of hydrogen-bond donors (Lipinski definition) is 3. The summed E-state index contributed by atoms with van der Waals surface area (Å²) in [6.07, 6.45) is 5.23. The van der Waals surface area contributed by atoms with Crippen LogP contribution in [0.4, 0.5) is 4.39 Å². The molecule has 184 valence electrons. The van der Waals surface area contributed by atoms with E-state index in [9.17, 15) is 4.39 Å². The van der Waals surface area contributed by atoms with E-state index in [1.165, 1.54) is 12.1 Å². The molecule has 0 aliphatic rings. The molecule has 0 amide bonds. The standard InChI is InChI=1S/C28H25FN8/c1-37(2)15-22(30)18-11-19(13-20(29)12-18)25-27-24(7-10-32-25)33-28(34-27)26-21-14-17(3-4-23(21)35-36-26)16-5-8-31-9-6-16/h3-14,22H,15,30H2,1-2H3,(H,33,34)(H,35,36). The van der Waals surface area contributed by atoms with Crippen molar-refractivity contribution in [2.75, 3.05) is 20.6 Å². The molecule has 1 atom stereocenters. The molecule has 0 spiro atoms. The molecule has 6 aromatic rings. The predicted octanol–water partition coefficient (Wildman–Crippen LogP) is 4.93. The molecule has 9 heteroatoms. The Hall–Kier alpha value is -4.47. The largest absolute Gasteiger partial charge is 0.336 e. The monoisotopic (exact) mass is 492 g/mol. The van der Waals surface area contributed by atoms with Gasteiger partial charge < -0.3 is 15.6 Å². The van der Waals surface area contributed by atoms with Crippen LogP contribution in [0.2, 0.25) is 0 Å². The third-order valence-corrected chi connectivity index (χ3v) is 6.39. The summed E-state index contributed by atoms with van der Waals surface area (Å²) in [4.78, 5) is 18.9. The Labute approximate surface area is 212 Å². The molecule has 0 bridgehead atoms. The van der Waals surface area contributed by atoms with Crippen LogP contribution >= 0.6 is 0 Å². The Morgan fingerprint density at radius 1 is 0.892 bits per heavy atom. The van der Waals surface area contributed by atoms with Crippen molar-refractivity contribution < 1.29 is 4.39 Å². The minimum atomic E-state index is -0.363. The minimum Gasteiger partial charge on any atom is -0.336 e. The number of aromatic amines is 2. The van der Waals surface area contributed by atoms with Crippen molar-refractivity contribution in [3.8, 4) is 33.9 Å². The molecule has 0 radical (unpaired) electrons. The van der Waals surface area contributed by atoms with Gasteiger partial charge in [0.05, 0.1) is 16.7 Å². The Morgan fingerprint density at radius 2 is 1.73 bits per heavy atom. The van der Waals surface area contributed by atoms with E-state index >= 15 is 0 Å². The number of pyridine rings is 2. The highest BCUT2D eigenvalue weighted by Gasteiger charge is 2.18. The molecule has 6 rings (SSSR count). The van der Waals surface area contributed by atoms with Gasteiger partial charge in [-0.3, -0.25) is 15.1 Å². The van der Waals surface area contributed by atoms with Crippen LogP contribution < -0.4 is 5.73 Å². The molecule has 4 aromatic heterocycles. The van der Waals surface area contributed by atoms with Crippen LogP contribution in [0, 0.1) is 5.82 Å². The zero-order valence-electron chi connectivity index (χ0n) is 20.4. The van der Waals surface area contributed by atoms with Crippen molar-refractivity contribution in [1.29, 1.82) is 0 Å². The molecular weight excluding hydrogens is 467 g/mol. The maximum Gasteiger partial charge on any atom is 0.159 e. The van der Waals surface area contributed by atoms with E-state index in [1.807, 2.05) is 55.4 Å². The first kappa shape index (κ1) is 23.0. The number of nitrogens with zero attached hydrogens (tertiary/aromatic N) is 5. The molecule has 8 nitrogen and oxygen atoms in total. The van der Waals surface area contributed by atoms with Crippen molar-refractivity contribution in [3.05, 3.63) is 84.6 Å². The van der Waals surface area contributed by atoms with E-state index < -0.39 is 0 Å². The van der Waals surface area contributed by atoms with Gasteiger partial charge in [0.2, 0.25) is 0 Å². The SMILES string of the molecule is CN(C)CC(N)c1cc(F)cc(-c2nccc3[nH]c(-c4n[nH]c5ccc(-c6ccncc6)cc45)nc23)c1. The van der Waals surface area contributed by atoms with Gasteiger partial charge in [0.25, 0.3) is 0 Å². The summed E-state index contributed by atoms with van der Waals surface area (Å²) in [7, 11) is 3.87. The van der Waals surface area contributed by atoms with Crippen molar-refractivity contribution in [3.63, 3.8) is 0 Å². The van der Waals surface area contributed by atoms with Crippen LogP contribution in [-0.4, -0.2) is 55.7 Å². The molecule has 0 fully saturated rings. The molecule has 37 heavy (non-hydrogen) atoms. The lowest BCUT2D eigenvalue weighted by atomic mass is 10.0. The number of imidazole rings is 1. The van der Waals surface area contributed by atoms with Gasteiger partial charge in [0.15, 0.2) is 5.82 Å². The molecule has 2 aromatic carbocycles. The van der Waals surface area contributed by atoms with Crippen molar-refractivity contribution in [2.24, 2.45) is 5.73 Å². The van der Waals surface area contributed by atoms with E-state index in [4.69, 9.17) is 10.7 Å². The van der Waals surface area contributed by atoms with Crippen LogP contribution in [0.1, 0.15) is 11.6 Å². The minimum absolute atomic E-state index is 0.330. The van der Waals surface area contributed by atoms with Gasteiger partial charge in [0, 0.05) is 42.1 Å². The first-order valence-corrected chi connectivity index (χ1v) is 11.9. The molecule has 0 saturated heterocycles. The predicted molar refractivity (Wildman–Crippen MR) is 143 cm³/mol. The second-order valence-electron chi connectivity index (χ2n) is 9.35. The highest BCUT2D eigenvalue weighted by Crippen LogP contribution is 2.33. The molecule has 4 heterocycles. The Morgan fingerprint density at radius 3 is 2.54 bits per heavy atom. The van der Waals surface area contributed by atoms with E-state index in [0.29, 0.717) is 40.4 Å². The summed E-state index contributed by atoms with van der Waals surface area (Å²) in [6, 6.07) is 16.4. The van der Waals surface area contributed by atoms with Crippen LogP contribution in [0.15, 0.2) is 73.2 Å². The zero-order valence-corrected chi connectivity index (χ0v) is 20.4. The quantitative estimate of drug-likeness (QED) is 0.304. The van der Waals surface area contributed by atoms with Crippen LogP contribution in [0.5, 0.6) is 0 Å². The van der Waals surface area contributed by atoms with Gasteiger partial charge in [-0.05, 0) is 79.3 Å². The van der Waals surface area contributed by atoms with Crippen molar-refractivity contribution >= 4 is 21.9 Å². The molecule has 0 aliphatic heterocycles. The molecule has 1 unspecified atom stereocenters. The Kier molecular flexibility index (Phi) is 5.71. The zero-order chi connectivity index (χ0) is 25.5. The number of aromatic nitrogens is 6. The topological polar surface area (TPSA) is 112 Å². The molecule has 0 saturated carbocycles. The Bertz CT molecular complexity index is 1720. The van der Waals surface area contributed by atoms with Gasteiger partial charge in [-0.2, -0.15) is 5.10 Å². The fraction of sp³-hybridized carbons (Fsp3) is 0.143. The van der Waals surface area contributed by atoms with E-state index in [2.05, 4.69) is 31.2 Å². The number of fused-ring (bicyclic) bond motifs is 2. The number of halogens is 1. The maximum absolute atomic E-state index is 14.6. The number of likely N-dealkylation sites (N-methyl/N-ethyl adjacent to an activating group) is 1. The van der Waals surface area contributed by atoms with Gasteiger partial charge in [-0.25, -0.2) is 9.37 Å². The van der Waals surface area contributed by atoms with Crippen molar-refractivity contribution in [1.82, 2.24) is 35.0 Å². The average Bonchev–Trinajstić information content (AvgIpc) is 3.52. The van der Waals surface area contributed by atoms with Gasteiger partial charge in [0.1, 0.15) is 17.0 Å². The van der Waals surface area contributed by atoms with E-state index in [0.717, 1.165) is 27.5 Å². The second-order valence-corrected chi connectivity index (χ2v) is 9.35. The molecule has 0 aliphatic carbocycles. The lowest BCUT2D eigenvalue weighted by molar-refractivity contribution is 0.376. The summed E-state index contributed by atoms with van der Waals surface area (Å²) in [5.74, 6) is 0.238. The van der Waals surface area contributed by atoms with E-state index in [-0.39, 0.29) is 11.9 Å². The average molecular weight is 493 g/mol. The summed E-state index contributed by atoms with van der Waals surface area (Å²) in [5.41, 5.74) is 13.4. The summed E-state index contributed by atoms with van der Waals surface area (Å²) >= 11 is 0. The van der Waals surface area contributed by atoms with Crippen LogP contribution in [-0.2, 0) is 0 Å².